The molecule has 1 saturated carbocycles. The van der Waals surface area contributed by atoms with Crippen LogP contribution in [0.15, 0.2) is 18.2 Å². The summed E-state index contributed by atoms with van der Waals surface area (Å²) in [6.07, 6.45) is 2.45. The van der Waals surface area contributed by atoms with Crippen LogP contribution in [0.4, 0.5) is 0 Å². The molecule has 0 radical (unpaired) electrons. The fraction of sp³-hybridized carbons (Fsp3) is 0.556. The number of aliphatic carboxylic acids is 1. The maximum Gasteiger partial charge on any atom is 0.305 e. The molecule has 1 amide bonds. The Kier molecular flexibility index (Phi) is 7.06. The molecule has 0 aliphatic heterocycles. The lowest BCUT2D eigenvalue weighted by atomic mass is 10.0. The third kappa shape index (κ3) is 5.59. The van der Waals surface area contributed by atoms with E-state index in [-0.39, 0.29) is 6.42 Å². The zero-order valence-electron chi connectivity index (χ0n) is 15.4. The van der Waals surface area contributed by atoms with E-state index in [1.54, 1.807) is 18.2 Å². The molecule has 1 aliphatic carbocycles. The van der Waals surface area contributed by atoms with Gasteiger partial charge in [-0.3, -0.25) is 9.59 Å². The molecule has 8 nitrogen and oxygen atoms in total. The van der Waals surface area contributed by atoms with Crippen LogP contribution in [0.1, 0.15) is 43.7 Å². The van der Waals surface area contributed by atoms with Crippen LogP contribution in [0.3, 0.4) is 0 Å². The predicted octanol–water partition coefficient (Wildman–Crippen LogP) is 1.69. The summed E-state index contributed by atoms with van der Waals surface area (Å²) in [5, 5.41) is 11.2. The number of rotatable bonds is 9. The van der Waals surface area contributed by atoms with E-state index < -0.39 is 38.8 Å². The van der Waals surface area contributed by atoms with Gasteiger partial charge in [-0.2, -0.15) is 0 Å². The molecule has 150 valence electrons. The summed E-state index contributed by atoms with van der Waals surface area (Å²) in [5.41, 5.74) is 0.488. The highest BCUT2D eigenvalue weighted by Crippen LogP contribution is 2.31. The number of sulfone groups is 1. The molecule has 1 fully saturated rings. The Morgan fingerprint density at radius 2 is 1.81 bits per heavy atom. The quantitative estimate of drug-likeness (QED) is 0.648. The molecular weight excluding hydrogens is 374 g/mol. The Bertz CT molecular complexity index is 785. The molecular formula is C18H25NO7S. The van der Waals surface area contributed by atoms with Crippen molar-refractivity contribution in [3.8, 4) is 11.5 Å². The number of methoxy groups -OCH3 is 2. The first-order chi connectivity index (χ1) is 12.8. The molecule has 2 rings (SSSR count). The molecule has 0 aromatic heterocycles. The summed E-state index contributed by atoms with van der Waals surface area (Å²) in [4.78, 5) is 23.5. The van der Waals surface area contributed by atoms with Crippen LogP contribution in [0.25, 0.3) is 0 Å². The largest absolute Gasteiger partial charge is 0.493 e. The lowest BCUT2D eigenvalue weighted by Crippen LogP contribution is -2.37. The molecule has 27 heavy (non-hydrogen) atoms. The Labute approximate surface area is 158 Å². The van der Waals surface area contributed by atoms with Gasteiger partial charge in [-0.25, -0.2) is 8.42 Å². The van der Waals surface area contributed by atoms with Gasteiger partial charge in [0.25, 0.3) is 0 Å². The third-order valence-corrected chi connectivity index (χ3v) is 6.82. The molecule has 9 heteroatoms. The minimum atomic E-state index is -3.54. The third-order valence-electron chi connectivity index (χ3n) is 4.67. The van der Waals surface area contributed by atoms with Crippen LogP contribution in [0, 0.1) is 0 Å². The predicted molar refractivity (Wildman–Crippen MR) is 98.7 cm³/mol. The summed E-state index contributed by atoms with van der Waals surface area (Å²) < 4.78 is 35.1. The molecule has 0 heterocycles. The normalized spacial score (nSPS) is 15.9. The van der Waals surface area contributed by atoms with Gasteiger partial charge in [0.05, 0.1) is 31.9 Å². The first-order valence-electron chi connectivity index (χ1n) is 8.71. The number of ether oxygens (including phenoxy) is 2. The average molecular weight is 399 g/mol. The second-order valence-electron chi connectivity index (χ2n) is 6.55. The van der Waals surface area contributed by atoms with E-state index in [4.69, 9.17) is 14.6 Å². The van der Waals surface area contributed by atoms with Gasteiger partial charge >= 0.3 is 5.97 Å². The minimum absolute atomic E-state index is 0.384. The van der Waals surface area contributed by atoms with Crippen molar-refractivity contribution in [2.45, 2.75) is 43.4 Å². The number of carbonyl (C=O) groups is 2. The first-order valence-corrected chi connectivity index (χ1v) is 10.4. The van der Waals surface area contributed by atoms with Crippen molar-refractivity contribution < 1.29 is 32.6 Å². The number of carbonyl (C=O) groups excluding carboxylic acids is 1. The van der Waals surface area contributed by atoms with Gasteiger partial charge in [0.2, 0.25) is 5.91 Å². The summed E-state index contributed by atoms with van der Waals surface area (Å²) >= 11 is 0. The van der Waals surface area contributed by atoms with Crippen molar-refractivity contribution in [2.75, 3.05) is 20.0 Å². The average Bonchev–Trinajstić information content (AvgIpc) is 3.15. The van der Waals surface area contributed by atoms with E-state index in [0.717, 1.165) is 12.8 Å². The summed E-state index contributed by atoms with van der Waals surface area (Å²) in [5.74, 6) is -1.61. The Morgan fingerprint density at radius 1 is 1.19 bits per heavy atom. The topological polar surface area (TPSA) is 119 Å². The zero-order chi connectivity index (χ0) is 20.0. The van der Waals surface area contributed by atoms with E-state index in [9.17, 15) is 18.0 Å². The number of carboxylic acids is 1. The summed E-state index contributed by atoms with van der Waals surface area (Å²) in [6.45, 7) is 0. The molecule has 1 unspecified atom stereocenters. The van der Waals surface area contributed by atoms with Crippen molar-refractivity contribution in [1.29, 1.82) is 0 Å². The van der Waals surface area contributed by atoms with Crippen LogP contribution < -0.4 is 14.8 Å². The summed E-state index contributed by atoms with van der Waals surface area (Å²) in [7, 11) is -0.624. The van der Waals surface area contributed by atoms with Gasteiger partial charge in [-0.15, -0.1) is 0 Å². The van der Waals surface area contributed by atoms with Gasteiger partial charge in [-0.05, 0) is 30.5 Å². The molecule has 1 atom stereocenters. The molecule has 1 aliphatic rings. The van der Waals surface area contributed by atoms with Crippen molar-refractivity contribution in [3.63, 3.8) is 0 Å². The maximum atomic E-state index is 12.4. The molecule has 0 bridgehead atoms. The Balaban J connectivity index is 2.16. The number of benzene rings is 1. The van der Waals surface area contributed by atoms with Crippen molar-refractivity contribution >= 4 is 21.7 Å². The standard InChI is InChI=1S/C18H25NO7S/c1-25-15-8-7-12(9-16(15)26-2)14(10-18(21)22)19-17(20)11-27(23,24)13-5-3-4-6-13/h7-9,13-14H,3-6,10-11H2,1-2H3,(H,19,20)(H,21,22). The van der Waals surface area contributed by atoms with Crippen LogP contribution >= 0.6 is 0 Å². The number of carboxylic acid groups (broad SMARTS) is 1. The molecule has 0 spiro atoms. The van der Waals surface area contributed by atoms with Crippen LogP contribution in [-0.2, 0) is 19.4 Å². The fourth-order valence-electron chi connectivity index (χ4n) is 3.28. The highest BCUT2D eigenvalue weighted by molar-refractivity contribution is 7.92. The van der Waals surface area contributed by atoms with E-state index in [1.165, 1.54) is 14.2 Å². The molecule has 0 saturated heterocycles. The molecule has 1 aromatic carbocycles. The lowest BCUT2D eigenvalue weighted by molar-refractivity contribution is -0.137. The van der Waals surface area contributed by atoms with Gasteiger partial charge in [0, 0.05) is 0 Å². The van der Waals surface area contributed by atoms with Gasteiger partial charge in [0.15, 0.2) is 21.3 Å². The highest BCUT2D eigenvalue weighted by atomic mass is 32.2. The fourth-order valence-corrected chi connectivity index (χ4v) is 5.02. The van der Waals surface area contributed by atoms with Gasteiger partial charge < -0.3 is 19.9 Å². The van der Waals surface area contributed by atoms with Crippen LogP contribution in [0.2, 0.25) is 0 Å². The number of nitrogens with one attached hydrogen (secondary N) is 1. The van der Waals surface area contributed by atoms with Gasteiger partial charge in [0.1, 0.15) is 5.75 Å². The number of hydrogen-bond donors (Lipinski definition) is 2. The SMILES string of the molecule is COc1ccc(C(CC(=O)O)NC(=O)CS(=O)(=O)C2CCCC2)cc1OC. The number of amides is 1. The van der Waals surface area contributed by atoms with E-state index in [2.05, 4.69) is 5.32 Å². The van der Waals surface area contributed by atoms with Crippen LogP contribution in [-0.4, -0.2) is 50.6 Å². The number of hydrogen-bond acceptors (Lipinski definition) is 6. The minimum Gasteiger partial charge on any atom is -0.493 e. The second kappa shape index (κ2) is 9.07. The Hall–Kier alpha value is -2.29. The van der Waals surface area contributed by atoms with Crippen LogP contribution in [0.5, 0.6) is 11.5 Å². The summed E-state index contributed by atoms with van der Waals surface area (Å²) in [6, 6.07) is 3.90. The molecule has 1 aromatic rings. The highest BCUT2D eigenvalue weighted by Gasteiger charge is 2.31. The first kappa shape index (κ1) is 21.0. The maximum absolute atomic E-state index is 12.4. The van der Waals surface area contributed by atoms with Crippen molar-refractivity contribution in [2.24, 2.45) is 0 Å². The second-order valence-corrected chi connectivity index (χ2v) is 8.83. The zero-order valence-corrected chi connectivity index (χ0v) is 16.3. The monoisotopic (exact) mass is 399 g/mol. The molecule has 2 N–H and O–H groups in total. The van der Waals surface area contributed by atoms with E-state index >= 15 is 0 Å². The van der Waals surface area contributed by atoms with Crippen molar-refractivity contribution in [1.82, 2.24) is 5.32 Å². The smallest absolute Gasteiger partial charge is 0.305 e. The van der Waals surface area contributed by atoms with E-state index in [0.29, 0.717) is 29.9 Å². The van der Waals surface area contributed by atoms with Crippen molar-refractivity contribution in [3.05, 3.63) is 23.8 Å². The van der Waals surface area contributed by atoms with Gasteiger partial charge in [-0.1, -0.05) is 18.9 Å². The lowest BCUT2D eigenvalue weighted by Gasteiger charge is -2.20. The Morgan fingerprint density at radius 3 is 2.37 bits per heavy atom. The van der Waals surface area contributed by atoms with E-state index in [1.807, 2.05) is 0 Å².